The Morgan fingerprint density at radius 1 is 1.26 bits per heavy atom. The second kappa shape index (κ2) is 7.93. The Balaban J connectivity index is 1.83. The molecule has 0 aliphatic carbocycles. The van der Waals surface area contributed by atoms with Crippen LogP contribution in [-0.4, -0.2) is 61.8 Å². The summed E-state index contributed by atoms with van der Waals surface area (Å²) in [5.74, 6) is 0.372. The topological polar surface area (TPSA) is 57.7 Å². The van der Waals surface area contributed by atoms with E-state index in [1.807, 2.05) is 32.2 Å². The van der Waals surface area contributed by atoms with Crippen LogP contribution in [0.3, 0.4) is 0 Å². The van der Waals surface area contributed by atoms with Crippen molar-refractivity contribution in [2.24, 2.45) is 0 Å². The van der Waals surface area contributed by atoms with Crippen molar-refractivity contribution in [3.05, 3.63) is 35.9 Å². The molecule has 0 spiro atoms. The molecule has 1 aromatic carbocycles. The molecule has 5 nitrogen and oxygen atoms in total. The molecule has 1 aliphatic heterocycles. The summed E-state index contributed by atoms with van der Waals surface area (Å²) < 4.78 is 23.2. The van der Waals surface area contributed by atoms with Crippen molar-refractivity contribution >= 4 is 15.7 Å². The minimum Gasteiger partial charge on any atom is -0.339 e. The summed E-state index contributed by atoms with van der Waals surface area (Å²) in [6.07, 6.45) is 0.996. The Hall–Kier alpha value is -1.40. The van der Waals surface area contributed by atoms with E-state index < -0.39 is 9.84 Å². The fourth-order valence-electron chi connectivity index (χ4n) is 3.06. The van der Waals surface area contributed by atoms with E-state index in [-0.39, 0.29) is 23.5 Å². The highest BCUT2D eigenvalue weighted by molar-refractivity contribution is 7.91. The van der Waals surface area contributed by atoms with E-state index in [0.29, 0.717) is 25.9 Å². The van der Waals surface area contributed by atoms with Crippen molar-refractivity contribution in [3.63, 3.8) is 0 Å². The lowest BCUT2D eigenvalue weighted by Crippen LogP contribution is -2.42. The standard InChI is InChI=1S/C17H26N2O3S/c1-3-19(16-10-12-23(21,22)14-16)17(20)9-11-18(2)13-15-7-5-4-6-8-15/h4-8,16H,3,9-14H2,1-2H3. The molecule has 1 aliphatic rings. The van der Waals surface area contributed by atoms with Crippen LogP contribution in [0, 0.1) is 0 Å². The summed E-state index contributed by atoms with van der Waals surface area (Å²) >= 11 is 0. The number of sulfone groups is 1. The predicted octanol–water partition coefficient (Wildman–Crippen LogP) is 1.54. The van der Waals surface area contributed by atoms with Crippen LogP contribution in [0.4, 0.5) is 0 Å². The first-order valence-corrected chi connectivity index (χ1v) is 9.96. The van der Waals surface area contributed by atoms with Crippen LogP contribution in [0.5, 0.6) is 0 Å². The zero-order chi connectivity index (χ0) is 16.9. The molecule has 1 heterocycles. The molecular weight excluding hydrogens is 312 g/mol. The summed E-state index contributed by atoms with van der Waals surface area (Å²) in [4.78, 5) is 16.3. The quantitative estimate of drug-likeness (QED) is 0.757. The molecule has 1 atom stereocenters. The molecular formula is C17H26N2O3S. The molecule has 1 amide bonds. The van der Waals surface area contributed by atoms with Crippen LogP contribution in [0.25, 0.3) is 0 Å². The Morgan fingerprint density at radius 3 is 2.52 bits per heavy atom. The molecule has 2 rings (SSSR count). The number of carbonyl (C=O) groups is 1. The van der Waals surface area contributed by atoms with Crippen LogP contribution in [-0.2, 0) is 21.2 Å². The van der Waals surface area contributed by atoms with Gasteiger partial charge in [-0.3, -0.25) is 4.79 Å². The number of benzene rings is 1. The first-order chi connectivity index (χ1) is 10.9. The van der Waals surface area contributed by atoms with Crippen LogP contribution in [0.15, 0.2) is 30.3 Å². The Bertz CT molecular complexity index is 616. The zero-order valence-electron chi connectivity index (χ0n) is 13.9. The summed E-state index contributed by atoms with van der Waals surface area (Å²) in [5.41, 5.74) is 1.22. The first-order valence-electron chi connectivity index (χ1n) is 8.13. The van der Waals surface area contributed by atoms with Gasteiger partial charge in [0.25, 0.3) is 0 Å². The van der Waals surface area contributed by atoms with Gasteiger partial charge in [-0.2, -0.15) is 0 Å². The van der Waals surface area contributed by atoms with Crippen molar-refractivity contribution in [1.82, 2.24) is 9.80 Å². The van der Waals surface area contributed by atoms with Gasteiger partial charge in [0.05, 0.1) is 11.5 Å². The maximum absolute atomic E-state index is 12.4. The van der Waals surface area contributed by atoms with Crippen molar-refractivity contribution in [2.75, 3.05) is 31.6 Å². The number of amides is 1. The van der Waals surface area contributed by atoms with Gasteiger partial charge in [-0.15, -0.1) is 0 Å². The van der Waals surface area contributed by atoms with Gasteiger partial charge in [0.2, 0.25) is 5.91 Å². The highest BCUT2D eigenvalue weighted by Crippen LogP contribution is 2.18. The second-order valence-electron chi connectivity index (χ2n) is 6.21. The van der Waals surface area contributed by atoms with E-state index in [9.17, 15) is 13.2 Å². The van der Waals surface area contributed by atoms with Gasteiger partial charge in [0, 0.05) is 32.1 Å². The van der Waals surface area contributed by atoms with Gasteiger partial charge in [-0.1, -0.05) is 30.3 Å². The molecule has 0 saturated carbocycles. The summed E-state index contributed by atoms with van der Waals surface area (Å²) in [6.45, 7) is 3.96. The minimum atomic E-state index is -2.96. The van der Waals surface area contributed by atoms with Crippen LogP contribution >= 0.6 is 0 Å². The predicted molar refractivity (Wildman–Crippen MR) is 91.8 cm³/mol. The average molecular weight is 338 g/mol. The smallest absolute Gasteiger partial charge is 0.224 e. The molecule has 0 N–H and O–H groups in total. The number of hydrogen-bond donors (Lipinski definition) is 0. The number of hydrogen-bond acceptors (Lipinski definition) is 4. The number of carbonyl (C=O) groups excluding carboxylic acids is 1. The zero-order valence-corrected chi connectivity index (χ0v) is 14.8. The number of nitrogens with zero attached hydrogens (tertiary/aromatic N) is 2. The molecule has 1 aromatic rings. The fourth-order valence-corrected chi connectivity index (χ4v) is 4.79. The monoisotopic (exact) mass is 338 g/mol. The second-order valence-corrected chi connectivity index (χ2v) is 8.44. The van der Waals surface area contributed by atoms with Gasteiger partial charge in [-0.25, -0.2) is 8.42 Å². The van der Waals surface area contributed by atoms with Crippen molar-refractivity contribution in [2.45, 2.75) is 32.4 Å². The normalized spacial score (nSPS) is 19.9. The molecule has 128 valence electrons. The summed E-state index contributed by atoms with van der Waals surface area (Å²) in [6, 6.07) is 10.0. The maximum atomic E-state index is 12.4. The SMILES string of the molecule is CCN(C(=O)CCN(C)Cc1ccccc1)C1CCS(=O)(=O)C1. The Morgan fingerprint density at radius 2 is 1.96 bits per heavy atom. The summed E-state index contributed by atoms with van der Waals surface area (Å²) in [7, 11) is -0.964. The Kier molecular flexibility index (Phi) is 6.18. The van der Waals surface area contributed by atoms with Crippen LogP contribution in [0.2, 0.25) is 0 Å². The average Bonchev–Trinajstić information content (AvgIpc) is 2.87. The minimum absolute atomic E-state index is 0.0505. The molecule has 1 fully saturated rings. The van der Waals surface area contributed by atoms with Gasteiger partial charge in [0.15, 0.2) is 9.84 Å². The van der Waals surface area contributed by atoms with E-state index in [1.54, 1.807) is 4.90 Å². The fraction of sp³-hybridized carbons (Fsp3) is 0.588. The van der Waals surface area contributed by atoms with Crippen molar-refractivity contribution in [3.8, 4) is 0 Å². The van der Waals surface area contributed by atoms with Gasteiger partial charge >= 0.3 is 0 Å². The van der Waals surface area contributed by atoms with E-state index in [4.69, 9.17) is 0 Å². The molecule has 23 heavy (non-hydrogen) atoms. The molecule has 0 aromatic heterocycles. The van der Waals surface area contributed by atoms with Crippen molar-refractivity contribution in [1.29, 1.82) is 0 Å². The molecule has 6 heteroatoms. The molecule has 0 radical (unpaired) electrons. The van der Waals surface area contributed by atoms with Gasteiger partial charge in [0.1, 0.15) is 0 Å². The Labute approximate surface area is 139 Å². The lowest BCUT2D eigenvalue weighted by Gasteiger charge is -2.28. The third-order valence-corrected chi connectivity index (χ3v) is 6.06. The van der Waals surface area contributed by atoms with Gasteiger partial charge < -0.3 is 9.80 Å². The lowest BCUT2D eigenvalue weighted by molar-refractivity contribution is -0.133. The van der Waals surface area contributed by atoms with E-state index in [0.717, 1.165) is 6.54 Å². The van der Waals surface area contributed by atoms with Crippen LogP contribution < -0.4 is 0 Å². The van der Waals surface area contributed by atoms with Crippen LogP contribution in [0.1, 0.15) is 25.3 Å². The highest BCUT2D eigenvalue weighted by atomic mass is 32.2. The third-order valence-electron chi connectivity index (χ3n) is 4.31. The number of rotatable bonds is 7. The maximum Gasteiger partial charge on any atom is 0.224 e. The third kappa shape index (κ3) is 5.32. The van der Waals surface area contributed by atoms with Crippen molar-refractivity contribution < 1.29 is 13.2 Å². The molecule has 1 unspecified atom stereocenters. The lowest BCUT2D eigenvalue weighted by atomic mass is 10.2. The van der Waals surface area contributed by atoms with Gasteiger partial charge in [-0.05, 0) is 26.0 Å². The van der Waals surface area contributed by atoms with E-state index in [1.165, 1.54) is 5.56 Å². The largest absolute Gasteiger partial charge is 0.339 e. The molecule has 1 saturated heterocycles. The first kappa shape index (κ1) is 17.9. The summed E-state index contributed by atoms with van der Waals surface area (Å²) in [5, 5.41) is 0. The molecule has 0 bridgehead atoms. The van der Waals surface area contributed by atoms with E-state index in [2.05, 4.69) is 17.0 Å². The highest BCUT2D eigenvalue weighted by Gasteiger charge is 2.33. The van der Waals surface area contributed by atoms with E-state index >= 15 is 0 Å².